The third-order valence-electron chi connectivity index (χ3n) is 4.62. The molecule has 2 aliphatic rings. The maximum atomic E-state index is 12.4. The summed E-state index contributed by atoms with van der Waals surface area (Å²) in [5, 5.41) is 14.2. The molecule has 0 heterocycles. The molecule has 0 aromatic heterocycles. The zero-order chi connectivity index (χ0) is 15.0. The van der Waals surface area contributed by atoms with Crippen LogP contribution in [0.4, 0.5) is 0 Å². The summed E-state index contributed by atoms with van der Waals surface area (Å²) in [6.45, 7) is 2.44. The van der Waals surface area contributed by atoms with Crippen LogP contribution < -0.4 is 10.4 Å². The fourth-order valence-corrected chi connectivity index (χ4v) is 3.51. The van der Waals surface area contributed by atoms with Crippen LogP contribution in [-0.4, -0.2) is 11.9 Å². The molecule has 0 unspecified atom stereocenters. The average Bonchev–Trinajstić information content (AvgIpc) is 3.06. The maximum absolute atomic E-state index is 12.4. The molecule has 21 heavy (non-hydrogen) atoms. The molecular weight excluding hydrogens is 266 g/mol. The van der Waals surface area contributed by atoms with Crippen LogP contribution in [0.1, 0.15) is 17.5 Å². The molecule has 2 bridgehead atoms. The molecule has 1 aromatic rings. The van der Waals surface area contributed by atoms with Crippen LogP contribution in [-0.2, 0) is 16.1 Å². The lowest BCUT2D eigenvalue weighted by atomic mass is 9.82. The highest BCUT2D eigenvalue weighted by Crippen LogP contribution is 2.47. The predicted molar refractivity (Wildman–Crippen MR) is 75.7 cm³/mol. The van der Waals surface area contributed by atoms with Crippen LogP contribution in [0.2, 0.25) is 0 Å². The van der Waals surface area contributed by atoms with Gasteiger partial charge in [-0.25, -0.2) is 0 Å². The van der Waals surface area contributed by atoms with Gasteiger partial charge < -0.3 is 15.2 Å². The molecule has 1 fully saturated rings. The van der Waals surface area contributed by atoms with Gasteiger partial charge in [0, 0.05) is 18.4 Å². The van der Waals surface area contributed by atoms with Gasteiger partial charge in [-0.3, -0.25) is 4.79 Å². The van der Waals surface area contributed by atoms with Crippen molar-refractivity contribution in [1.82, 2.24) is 5.32 Å². The number of amides is 1. The summed E-state index contributed by atoms with van der Waals surface area (Å²) in [7, 11) is 0. The van der Waals surface area contributed by atoms with Crippen molar-refractivity contribution in [2.24, 2.45) is 23.7 Å². The monoisotopic (exact) mass is 284 g/mol. The number of aryl methyl sites for hydroxylation is 1. The number of carboxylic acids is 1. The van der Waals surface area contributed by atoms with Crippen molar-refractivity contribution in [2.45, 2.75) is 19.9 Å². The Morgan fingerprint density at radius 1 is 1.14 bits per heavy atom. The van der Waals surface area contributed by atoms with E-state index < -0.39 is 17.8 Å². The van der Waals surface area contributed by atoms with E-state index in [9.17, 15) is 14.7 Å². The molecule has 2 aliphatic carbocycles. The lowest BCUT2D eigenvalue weighted by Gasteiger charge is -2.27. The highest BCUT2D eigenvalue weighted by atomic mass is 16.4. The summed E-state index contributed by atoms with van der Waals surface area (Å²) in [6, 6.07) is 7.91. The number of rotatable bonds is 4. The SMILES string of the molecule is Cc1ccc(CNC(=O)[C@@H]2[C@@H](C(=O)[O-])[C@H]3C=C[C@H]2C3)cc1. The van der Waals surface area contributed by atoms with Crippen molar-refractivity contribution in [3.05, 3.63) is 47.5 Å². The van der Waals surface area contributed by atoms with Gasteiger partial charge in [0.25, 0.3) is 0 Å². The van der Waals surface area contributed by atoms with Crippen LogP contribution in [0.5, 0.6) is 0 Å². The lowest BCUT2D eigenvalue weighted by molar-refractivity contribution is -0.313. The second-order valence-corrected chi connectivity index (χ2v) is 6.02. The molecule has 0 radical (unpaired) electrons. The van der Waals surface area contributed by atoms with E-state index in [-0.39, 0.29) is 17.7 Å². The number of carboxylic acid groups (broad SMARTS) is 1. The number of carbonyl (C=O) groups excluding carboxylic acids is 2. The van der Waals surface area contributed by atoms with E-state index in [1.54, 1.807) is 0 Å². The smallest absolute Gasteiger partial charge is 0.224 e. The van der Waals surface area contributed by atoms with Crippen molar-refractivity contribution < 1.29 is 14.7 Å². The van der Waals surface area contributed by atoms with Gasteiger partial charge in [0.05, 0.1) is 5.92 Å². The Kier molecular flexibility index (Phi) is 3.53. The fraction of sp³-hybridized carbons (Fsp3) is 0.412. The van der Waals surface area contributed by atoms with E-state index in [1.807, 2.05) is 43.3 Å². The molecule has 0 saturated heterocycles. The largest absolute Gasteiger partial charge is 0.550 e. The normalized spacial score (nSPS) is 29.6. The summed E-state index contributed by atoms with van der Waals surface area (Å²) in [5.41, 5.74) is 2.18. The summed E-state index contributed by atoms with van der Waals surface area (Å²) < 4.78 is 0. The van der Waals surface area contributed by atoms with Gasteiger partial charge in [-0.15, -0.1) is 0 Å². The molecule has 0 aliphatic heterocycles. The summed E-state index contributed by atoms with van der Waals surface area (Å²) in [5.74, 6) is -2.47. The van der Waals surface area contributed by atoms with Gasteiger partial charge in [0.1, 0.15) is 0 Å². The fourth-order valence-electron chi connectivity index (χ4n) is 3.51. The quantitative estimate of drug-likeness (QED) is 0.831. The number of aliphatic carboxylic acids is 1. The van der Waals surface area contributed by atoms with Crippen molar-refractivity contribution in [1.29, 1.82) is 0 Å². The number of allylic oxidation sites excluding steroid dienone is 2. The molecule has 1 aromatic carbocycles. The molecule has 4 heteroatoms. The second kappa shape index (κ2) is 5.35. The Morgan fingerprint density at radius 2 is 1.76 bits per heavy atom. The number of carbonyl (C=O) groups is 2. The zero-order valence-corrected chi connectivity index (χ0v) is 11.9. The van der Waals surface area contributed by atoms with Crippen LogP contribution in [0.15, 0.2) is 36.4 Å². The Bertz CT molecular complexity index is 591. The topological polar surface area (TPSA) is 69.2 Å². The van der Waals surface area contributed by atoms with E-state index in [0.717, 1.165) is 12.0 Å². The van der Waals surface area contributed by atoms with E-state index in [2.05, 4.69) is 5.32 Å². The number of hydrogen-bond donors (Lipinski definition) is 1. The van der Waals surface area contributed by atoms with Gasteiger partial charge >= 0.3 is 0 Å². The third kappa shape index (κ3) is 2.58. The van der Waals surface area contributed by atoms with Gasteiger partial charge in [0.2, 0.25) is 5.91 Å². The Balaban J connectivity index is 1.66. The lowest BCUT2D eigenvalue weighted by Crippen LogP contribution is -2.44. The first-order valence-electron chi connectivity index (χ1n) is 7.28. The Hall–Kier alpha value is -2.10. The molecule has 4 atom stereocenters. The van der Waals surface area contributed by atoms with E-state index in [4.69, 9.17) is 0 Å². The minimum Gasteiger partial charge on any atom is -0.550 e. The van der Waals surface area contributed by atoms with Crippen molar-refractivity contribution in [3.63, 3.8) is 0 Å². The summed E-state index contributed by atoms with van der Waals surface area (Å²) in [4.78, 5) is 23.6. The first-order valence-corrected chi connectivity index (χ1v) is 7.28. The van der Waals surface area contributed by atoms with Gasteiger partial charge in [-0.05, 0) is 30.7 Å². The zero-order valence-electron chi connectivity index (χ0n) is 11.9. The summed E-state index contributed by atoms with van der Waals surface area (Å²) >= 11 is 0. The number of hydrogen-bond acceptors (Lipinski definition) is 3. The molecular formula is C17H18NO3-. The van der Waals surface area contributed by atoms with Gasteiger partial charge in [-0.1, -0.05) is 42.0 Å². The van der Waals surface area contributed by atoms with E-state index in [1.165, 1.54) is 5.56 Å². The summed E-state index contributed by atoms with van der Waals surface area (Å²) in [6.07, 6.45) is 4.64. The molecule has 0 spiro atoms. The minimum absolute atomic E-state index is 0.0379. The molecule has 4 nitrogen and oxygen atoms in total. The van der Waals surface area contributed by atoms with Crippen LogP contribution in [0.3, 0.4) is 0 Å². The number of benzene rings is 1. The molecule has 1 saturated carbocycles. The van der Waals surface area contributed by atoms with Gasteiger partial charge in [-0.2, -0.15) is 0 Å². The number of fused-ring (bicyclic) bond motifs is 2. The Morgan fingerprint density at radius 3 is 2.38 bits per heavy atom. The third-order valence-corrected chi connectivity index (χ3v) is 4.62. The molecule has 3 rings (SSSR count). The minimum atomic E-state index is -1.11. The van der Waals surface area contributed by atoms with E-state index in [0.29, 0.717) is 6.54 Å². The van der Waals surface area contributed by atoms with Crippen molar-refractivity contribution in [3.8, 4) is 0 Å². The van der Waals surface area contributed by atoms with Crippen molar-refractivity contribution >= 4 is 11.9 Å². The highest BCUT2D eigenvalue weighted by molar-refractivity contribution is 5.86. The van der Waals surface area contributed by atoms with E-state index >= 15 is 0 Å². The Labute approximate surface area is 123 Å². The maximum Gasteiger partial charge on any atom is 0.224 e. The number of nitrogens with one attached hydrogen (secondary N) is 1. The first-order chi connectivity index (χ1) is 10.1. The highest BCUT2D eigenvalue weighted by Gasteiger charge is 2.48. The average molecular weight is 284 g/mol. The van der Waals surface area contributed by atoms with Gasteiger partial charge in [0.15, 0.2) is 0 Å². The molecule has 1 N–H and O–H groups in total. The van der Waals surface area contributed by atoms with Crippen molar-refractivity contribution in [2.75, 3.05) is 0 Å². The second-order valence-electron chi connectivity index (χ2n) is 6.02. The standard InChI is InChI=1S/C17H19NO3/c1-10-2-4-11(5-3-10)9-18-16(19)14-12-6-7-13(8-12)15(14)17(20)21/h2-7,12-15H,8-9H2,1H3,(H,18,19)(H,20,21)/p-1/t12-,13-,14-,15-/m0/s1. The predicted octanol–water partition coefficient (Wildman–Crippen LogP) is 0.799. The first kappa shape index (κ1) is 13.9. The van der Waals surface area contributed by atoms with Crippen LogP contribution >= 0.6 is 0 Å². The molecule has 1 amide bonds. The van der Waals surface area contributed by atoms with Crippen LogP contribution in [0, 0.1) is 30.6 Å². The molecule has 110 valence electrons. The van der Waals surface area contributed by atoms with Crippen LogP contribution in [0.25, 0.3) is 0 Å².